The molecule has 8 nitrogen and oxygen atoms in total. The third kappa shape index (κ3) is 5.96. The van der Waals surface area contributed by atoms with Crippen LogP contribution in [0.4, 0.5) is 0 Å². The van der Waals surface area contributed by atoms with E-state index in [0.29, 0.717) is 26.2 Å². The molecule has 2 heterocycles. The molecule has 1 atom stereocenters. The molecule has 1 N–H and O–H groups in total. The number of hydrogen-bond donors (Lipinski definition) is 1. The summed E-state index contributed by atoms with van der Waals surface area (Å²) < 4.78 is 1.87. The zero-order valence-electron chi connectivity index (χ0n) is 21.3. The van der Waals surface area contributed by atoms with E-state index >= 15 is 0 Å². The van der Waals surface area contributed by atoms with Crippen molar-refractivity contribution >= 4 is 17.7 Å². The average Bonchev–Trinajstić information content (AvgIpc) is 3.73. The summed E-state index contributed by atoms with van der Waals surface area (Å²) in [7, 11) is 0. The van der Waals surface area contributed by atoms with Gasteiger partial charge in [0.25, 0.3) is 11.8 Å². The molecule has 0 bridgehead atoms. The topological polar surface area (TPSA) is 91.7 Å². The number of carbonyl (C=O) groups excluding carboxylic acids is 3. The van der Waals surface area contributed by atoms with E-state index in [9.17, 15) is 19.2 Å². The summed E-state index contributed by atoms with van der Waals surface area (Å²) in [4.78, 5) is 56.5. The number of nitrogens with one attached hydrogen (secondary N) is 1. The number of pyridine rings is 1. The number of rotatable bonds is 7. The van der Waals surface area contributed by atoms with Crippen molar-refractivity contribution < 1.29 is 14.4 Å². The Morgan fingerprint density at radius 2 is 1.57 bits per heavy atom. The van der Waals surface area contributed by atoms with Crippen molar-refractivity contribution in [2.45, 2.75) is 90.1 Å². The fourth-order valence-electron chi connectivity index (χ4n) is 5.51. The van der Waals surface area contributed by atoms with Gasteiger partial charge in [-0.2, -0.15) is 0 Å². The van der Waals surface area contributed by atoms with Gasteiger partial charge in [-0.3, -0.25) is 19.2 Å². The second-order valence-electron chi connectivity index (χ2n) is 10.4. The number of amides is 3. The minimum Gasteiger partial charge on any atom is -0.349 e. The van der Waals surface area contributed by atoms with Crippen molar-refractivity contribution in [1.29, 1.82) is 0 Å². The molecule has 0 radical (unpaired) electrons. The highest BCUT2D eigenvalue weighted by molar-refractivity contribution is 5.99. The fourth-order valence-corrected chi connectivity index (χ4v) is 5.51. The molecule has 0 spiro atoms. The van der Waals surface area contributed by atoms with E-state index in [0.717, 1.165) is 51.4 Å². The molecule has 8 heteroatoms. The molecule has 2 saturated carbocycles. The van der Waals surface area contributed by atoms with Gasteiger partial charge in [0.15, 0.2) is 0 Å². The average molecular weight is 485 g/mol. The normalized spacial score (nSPS) is 21.3. The molecule has 1 aliphatic heterocycles. The van der Waals surface area contributed by atoms with Crippen LogP contribution in [-0.2, 0) is 4.79 Å². The molecule has 1 saturated heterocycles. The summed E-state index contributed by atoms with van der Waals surface area (Å²) in [5.41, 5.74) is -0.406. The molecular weight excluding hydrogens is 444 g/mol. The molecule has 3 fully saturated rings. The Morgan fingerprint density at radius 3 is 2.20 bits per heavy atom. The van der Waals surface area contributed by atoms with Gasteiger partial charge in [-0.05, 0) is 52.4 Å². The lowest BCUT2D eigenvalue weighted by Gasteiger charge is -2.34. The first kappa shape index (κ1) is 25.5. The SMILES string of the molecule is CCN(CC)C(=O)[C@H]1CCCN(C(=O)c2cn(C3CC3)cc(C(=O)NC3CCCCCC3)c2=O)C1. The minimum absolute atomic E-state index is 0.0429. The van der Waals surface area contributed by atoms with Gasteiger partial charge in [0.05, 0.1) is 5.92 Å². The van der Waals surface area contributed by atoms with Crippen LogP contribution in [0.15, 0.2) is 17.2 Å². The van der Waals surface area contributed by atoms with Crippen LogP contribution in [-0.4, -0.2) is 64.3 Å². The Balaban J connectivity index is 1.56. The Hall–Kier alpha value is -2.64. The van der Waals surface area contributed by atoms with Crippen LogP contribution in [0.25, 0.3) is 0 Å². The van der Waals surface area contributed by atoms with Crippen molar-refractivity contribution in [1.82, 2.24) is 19.7 Å². The van der Waals surface area contributed by atoms with E-state index in [-0.39, 0.29) is 46.9 Å². The van der Waals surface area contributed by atoms with Gasteiger partial charge in [-0.15, -0.1) is 0 Å². The quantitative estimate of drug-likeness (QED) is 0.601. The Labute approximate surface area is 208 Å². The maximum Gasteiger partial charge on any atom is 0.259 e. The molecule has 192 valence electrons. The van der Waals surface area contributed by atoms with Crippen LogP contribution in [0.5, 0.6) is 0 Å². The maximum atomic E-state index is 13.6. The molecule has 4 rings (SSSR count). The lowest BCUT2D eigenvalue weighted by molar-refractivity contribution is -0.136. The van der Waals surface area contributed by atoms with Gasteiger partial charge < -0.3 is 19.7 Å². The number of carbonyl (C=O) groups is 3. The summed E-state index contributed by atoms with van der Waals surface area (Å²) >= 11 is 0. The van der Waals surface area contributed by atoms with Crippen molar-refractivity contribution in [2.75, 3.05) is 26.2 Å². The van der Waals surface area contributed by atoms with Crippen LogP contribution < -0.4 is 10.7 Å². The van der Waals surface area contributed by atoms with Crippen molar-refractivity contribution in [3.05, 3.63) is 33.7 Å². The van der Waals surface area contributed by atoms with Gasteiger partial charge in [0.2, 0.25) is 11.3 Å². The molecular formula is C27H40N4O4. The van der Waals surface area contributed by atoms with Crippen molar-refractivity contribution in [2.24, 2.45) is 5.92 Å². The van der Waals surface area contributed by atoms with E-state index in [1.807, 2.05) is 18.4 Å². The van der Waals surface area contributed by atoms with Gasteiger partial charge >= 0.3 is 0 Å². The van der Waals surface area contributed by atoms with E-state index in [4.69, 9.17) is 0 Å². The monoisotopic (exact) mass is 484 g/mol. The smallest absolute Gasteiger partial charge is 0.259 e. The summed E-state index contributed by atoms with van der Waals surface area (Å²) in [5, 5.41) is 3.07. The Kier molecular flexibility index (Phi) is 8.29. The Bertz CT molecular complexity index is 987. The van der Waals surface area contributed by atoms with E-state index in [1.165, 1.54) is 12.8 Å². The van der Waals surface area contributed by atoms with Gasteiger partial charge in [0.1, 0.15) is 11.1 Å². The van der Waals surface area contributed by atoms with Crippen LogP contribution in [0.2, 0.25) is 0 Å². The first-order valence-corrected chi connectivity index (χ1v) is 13.6. The molecule has 3 aliphatic rings. The lowest BCUT2D eigenvalue weighted by Crippen LogP contribution is -2.48. The third-order valence-electron chi connectivity index (χ3n) is 7.81. The van der Waals surface area contributed by atoms with Crippen molar-refractivity contribution in [3.8, 4) is 0 Å². The van der Waals surface area contributed by atoms with E-state index in [1.54, 1.807) is 22.2 Å². The third-order valence-corrected chi connectivity index (χ3v) is 7.81. The zero-order chi connectivity index (χ0) is 24.9. The molecule has 35 heavy (non-hydrogen) atoms. The number of hydrogen-bond acceptors (Lipinski definition) is 4. The highest BCUT2D eigenvalue weighted by atomic mass is 16.2. The van der Waals surface area contributed by atoms with Crippen LogP contribution in [0.3, 0.4) is 0 Å². The van der Waals surface area contributed by atoms with E-state index in [2.05, 4.69) is 5.32 Å². The number of nitrogens with zero attached hydrogens (tertiary/aromatic N) is 3. The lowest BCUT2D eigenvalue weighted by atomic mass is 9.95. The number of aromatic nitrogens is 1. The minimum atomic E-state index is -0.504. The predicted molar refractivity (Wildman–Crippen MR) is 134 cm³/mol. The van der Waals surface area contributed by atoms with Crippen LogP contribution in [0, 0.1) is 5.92 Å². The standard InChI is InChI=1S/C27H40N4O4/c1-3-29(4-2)26(34)19-10-9-15-30(16-19)27(35)23-18-31(21-13-14-21)17-22(24(23)32)25(33)28-20-11-7-5-6-8-12-20/h17-21H,3-16H2,1-2H3,(H,28,33)/t19-/m0/s1. The van der Waals surface area contributed by atoms with E-state index < -0.39 is 5.43 Å². The maximum absolute atomic E-state index is 13.6. The fraction of sp³-hybridized carbons (Fsp3) is 0.704. The second kappa shape index (κ2) is 11.4. The summed E-state index contributed by atoms with van der Waals surface area (Å²) in [6.45, 7) is 6.03. The summed E-state index contributed by atoms with van der Waals surface area (Å²) in [6, 6.07) is 0.303. The highest BCUT2D eigenvalue weighted by Crippen LogP contribution is 2.35. The zero-order valence-corrected chi connectivity index (χ0v) is 21.3. The second-order valence-corrected chi connectivity index (χ2v) is 10.4. The molecule has 1 aromatic rings. The largest absolute Gasteiger partial charge is 0.349 e. The highest BCUT2D eigenvalue weighted by Gasteiger charge is 2.33. The Morgan fingerprint density at radius 1 is 0.914 bits per heavy atom. The van der Waals surface area contributed by atoms with Gasteiger partial charge in [0, 0.05) is 50.7 Å². The van der Waals surface area contributed by atoms with Gasteiger partial charge in [-0.1, -0.05) is 25.7 Å². The molecule has 2 aliphatic carbocycles. The van der Waals surface area contributed by atoms with Crippen LogP contribution >= 0.6 is 0 Å². The first-order valence-electron chi connectivity index (χ1n) is 13.6. The molecule has 0 unspecified atom stereocenters. The molecule has 0 aromatic carbocycles. The van der Waals surface area contributed by atoms with Gasteiger partial charge in [-0.25, -0.2) is 0 Å². The molecule has 1 aromatic heterocycles. The summed E-state index contributed by atoms with van der Waals surface area (Å²) in [5.74, 6) is -0.927. The first-order chi connectivity index (χ1) is 16.9. The van der Waals surface area contributed by atoms with Crippen LogP contribution in [0.1, 0.15) is 105 Å². The molecule has 3 amide bonds. The number of piperidine rings is 1. The number of likely N-dealkylation sites (tertiary alicyclic amines) is 1. The van der Waals surface area contributed by atoms with Crippen molar-refractivity contribution in [3.63, 3.8) is 0 Å². The predicted octanol–water partition coefficient (Wildman–Crippen LogP) is 3.36. The summed E-state index contributed by atoms with van der Waals surface area (Å²) in [6.07, 6.45) is 13.1.